The predicted molar refractivity (Wildman–Crippen MR) is 151 cm³/mol. The van der Waals surface area contributed by atoms with E-state index in [0.29, 0.717) is 30.0 Å². The average molecular weight is 567 g/mol. The van der Waals surface area contributed by atoms with Gasteiger partial charge in [-0.2, -0.15) is 4.80 Å². The molecule has 0 radical (unpaired) electrons. The summed E-state index contributed by atoms with van der Waals surface area (Å²) in [6.07, 6.45) is 6.43. The molecular weight excluding hydrogens is 539 g/mol. The van der Waals surface area contributed by atoms with Gasteiger partial charge in [0.2, 0.25) is 11.7 Å². The van der Waals surface area contributed by atoms with E-state index in [0.717, 1.165) is 28.5 Å². The number of nitrogens with one attached hydrogen (secondary N) is 1. The molecule has 2 atom stereocenters. The number of aromatic nitrogens is 6. The fourth-order valence-corrected chi connectivity index (χ4v) is 4.93. The molecule has 1 N–H and O–H groups in total. The summed E-state index contributed by atoms with van der Waals surface area (Å²) in [6.45, 7) is 0.665. The quantitative estimate of drug-likeness (QED) is 0.287. The Morgan fingerprint density at radius 3 is 2.69 bits per heavy atom. The van der Waals surface area contributed by atoms with E-state index in [9.17, 15) is 14.0 Å². The number of nitrogens with zero attached hydrogens (tertiary/aromatic N) is 7. The minimum absolute atomic E-state index is 0.0808. The van der Waals surface area contributed by atoms with Crippen molar-refractivity contribution in [2.24, 2.45) is 0 Å². The van der Waals surface area contributed by atoms with Crippen LogP contribution in [0.25, 0.3) is 22.3 Å². The van der Waals surface area contributed by atoms with Crippen molar-refractivity contribution in [1.82, 2.24) is 35.5 Å². The van der Waals surface area contributed by atoms with Crippen molar-refractivity contribution < 1.29 is 18.7 Å². The lowest BCUT2D eigenvalue weighted by Crippen LogP contribution is -2.46. The average Bonchev–Trinajstić information content (AvgIpc) is 3.72. The number of ether oxygens (including phenoxy) is 1. The molecule has 2 amide bonds. The highest BCUT2D eigenvalue weighted by Gasteiger charge is 2.34. The van der Waals surface area contributed by atoms with E-state index in [2.05, 4.69) is 30.7 Å². The van der Waals surface area contributed by atoms with E-state index >= 15 is 0 Å². The van der Waals surface area contributed by atoms with Gasteiger partial charge in [-0.05, 0) is 72.1 Å². The molecule has 1 fully saturated rings. The molecule has 0 bridgehead atoms. The van der Waals surface area contributed by atoms with Crippen LogP contribution in [-0.4, -0.2) is 61.2 Å². The van der Waals surface area contributed by atoms with Gasteiger partial charge in [0.1, 0.15) is 18.4 Å². The molecule has 42 heavy (non-hydrogen) atoms. The summed E-state index contributed by atoms with van der Waals surface area (Å²) in [5.41, 5.74) is 2.29. The van der Waals surface area contributed by atoms with Crippen LogP contribution in [0.15, 0.2) is 85.3 Å². The molecule has 11 nitrogen and oxygen atoms in total. The van der Waals surface area contributed by atoms with Crippen molar-refractivity contribution in [2.75, 3.05) is 18.1 Å². The zero-order valence-electron chi connectivity index (χ0n) is 22.5. The number of hydrogen-bond donors (Lipinski definition) is 1. The van der Waals surface area contributed by atoms with Crippen LogP contribution >= 0.6 is 0 Å². The van der Waals surface area contributed by atoms with E-state index in [-0.39, 0.29) is 30.2 Å². The van der Waals surface area contributed by atoms with Gasteiger partial charge >= 0.3 is 0 Å². The molecular formula is C30H27FN8O3. The van der Waals surface area contributed by atoms with Crippen molar-refractivity contribution in [2.45, 2.75) is 31.5 Å². The molecule has 3 aromatic heterocycles. The van der Waals surface area contributed by atoms with Crippen LogP contribution in [-0.2, 0) is 20.9 Å². The number of tetrazole rings is 1. The maximum absolute atomic E-state index is 14.1. The number of hydrogen-bond acceptors (Lipinski definition) is 8. The van der Waals surface area contributed by atoms with Crippen LogP contribution in [0, 0.1) is 5.82 Å². The third-order valence-corrected chi connectivity index (χ3v) is 7.01. The van der Waals surface area contributed by atoms with Gasteiger partial charge in [0, 0.05) is 36.5 Å². The molecule has 1 aliphatic rings. The third-order valence-electron chi connectivity index (χ3n) is 7.01. The normalized spacial score (nSPS) is 15.4. The van der Waals surface area contributed by atoms with E-state index in [1.54, 1.807) is 30.7 Å². The largest absolute Gasteiger partial charge is 0.376 e. The number of anilines is 1. The zero-order valence-corrected chi connectivity index (χ0v) is 22.5. The predicted octanol–water partition coefficient (Wildman–Crippen LogP) is 3.49. The Kier molecular flexibility index (Phi) is 7.86. The second-order valence-corrected chi connectivity index (χ2v) is 9.86. The summed E-state index contributed by atoms with van der Waals surface area (Å²) >= 11 is 0. The monoisotopic (exact) mass is 566 g/mol. The summed E-state index contributed by atoms with van der Waals surface area (Å²) in [5, 5.41) is 16.2. The lowest BCUT2D eigenvalue weighted by Gasteiger charge is -2.31. The lowest BCUT2D eigenvalue weighted by molar-refractivity contribution is -0.127. The molecule has 0 aliphatic carbocycles. The summed E-state index contributed by atoms with van der Waals surface area (Å²) in [6, 6.07) is 17.3. The topological polar surface area (TPSA) is 128 Å². The number of benzene rings is 2. The van der Waals surface area contributed by atoms with Crippen LogP contribution in [0.5, 0.6) is 0 Å². The van der Waals surface area contributed by atoms with Gasteiger partial charge in [-0.3, -0.25) is 24.5 Å². The molecule has 4 heterocycles. The number of halogens is 1. The first-order valence-electron chi connectivity index (χ1n) is 13.5. The van der Waals surface area contributed by atoms with Crippen LogP contribution < -0.4 is 10.2 Å². The standard InChI is InChI=1S/C30H27FN8O3/c31-23-9-7-21(8-10-23)29-35-37-38(36-29)19-27(40)39(24-16-22-4-1-2-6-26(22)33-17-24)28(20-11-13-32-14-12-20)30(41)34-18-25-5-3-15-42-25/h1-2,4,6-14,16-17,25,28H,3,5,15,18-19H2,(H,34,41)/t25-,28+/m0/s1. The molecule has 212 valence electrons. The highest BCUT2D eigenvalue weighted by Crippen LogP contribution is 2.30. The van der Waals surface area contributed by atoms with Crippen molar-refractivity contribution in [3.05, 3.63) is 96.7 Å². The Morgan fingerprint density at radius 2 is 1.90 bits per heavy atom. The Balaban J connectivity index is 1.36. The molecule has 12 heteroatoms. The first kappa shape index (κ1) is 27.1. The van der Waals surface area contributed by atoms with Crippen molar-refractivity contribution in [1.29, 1.82) is 0 Å². The maximum Gasteiger partial charge on any atom is 0.251 e. The Hall–Kier alpha value is -5.10. The molecule has 6 rings (SSSR count). The minimum atomic E-state index is -1.05. The fourth-order valence-electron chi connectivity index (χ4n) is 4.93. The van der Waals surface area contributed by atoms with Gasteiger partial charge in [-0.15, -0.1) is 10.2 Å². The number of carbonyl (C=O) groups excluding carboxylic acids is 2. The molecule has 0 saturated carbocycles. The highest BCUT2D eigenvalue weighted by atomic mass is 19.1. The van der Waals surface area contributed by atoms with Crippen LogP contribution in [0.3, 0.4) is 0 Å². The van der Waals surface area contributed by atoms with Crippen LogP contribution in [0.4, 0.5) is 10.1 Å². The summed E-state index contributed by atoms with van der Waals surface area (Å²) in [4.78, 5) is 39.2. The van der Waals surface area contributed by atoms with Gasteiger partial charge in [-0.25, -0.2) is 4.39 Å². The second kappa shape index (κ2) is 12.2. The van der Waals surface area contributed by atoms with E-state index in [1.165, 1.54) is 29.2 Å². The van der Waals surface area contributed by atoms with Crippen molar-refractivity contribution in [3.8, 4) is 11.4 Å². The van der Waals surface area contributed by atoms with Crippen LogP contribution in [0.1, 0.15) is 24.4 Å². The first-order chi connectivity index (χ1) is 20.5. The number of fused-ring (bicyclic) bond motifs is 1. The zero-order chi connectivity index (χ0) is 28.9. The second-order valence-electron chi connectivity index (χ2n) is 9.86. The summed E-state index contributed by atoms with van der Waals surface area (Å²) in [7, 11) is 0. The van der Waals surface area contributed by atoms with Crippen molar-refractivity contribution in [3.63, 3.8) is 0 Å². The molecule has 0 spiro atoms. The van der Waals surface area contributed by atoms with Gasteiger partial charge in [0.25, 0.3) is 5.91 Å². The number of amides is 2. The summed E-state index contributed by atoms with van der Waals surface area (Å²) in [5.74, 6) is -0.997. The number of carbonyl (C=O) groups is 2. The lowest BCUT2D eigenvalue weighted by atomic mass is 10.0. The van der Waals surface area contributed by atoms with Gasteiger partial charge in [-0.1, -0.05) is 18.2 Å². The smallest absolute Gasteiger partial charge is 0.251 e. The SMILES string of the molecule is O=C(NC[C@@H]1CCCO1)[C@@H](c1ccncc1)N(C(=O)Cn1nnc(-c2ccc(F)cc2)n1)c1cnc2ccccc2c1. The van der Waals surface area contributed by atoms with Crippen LogP contribution in [0.2, 0.25) is 0 Å². The first-order valence-corrected chi connectivity index (χ1v) is 13.5. The Morgan fingerprint density at radius 1 is 1.10 bits per heavy atom. The number of rotatable bonds is 9. The van der Waals surface area contributed by atoms with Gasteiger partial charge in [0.15, 0.2) is 0 Å². The van der Waals surface area contributed by atoms with Crippen molar-refractivity contribution >= 4 is 28.4 Å². The molecule has 1 saturated heterocycles. The number of para-hydroxylation sites is 1. The summed E-state index contributed by atoms with van der Waals surface area (Å²) < 4.78 is 19.1. The maximum atomic E-state index is 14.1. The molecule has 0 unspecified atom stereocenters. The molecule has 1 aliphatic heterocycles. The van der Waals surface area contributed by atoms with Gasteiger partial charge in [0.05, 0.1) is 23.5 Å². The third kappa shape index (κ3) is 5.98. The minimum Gasteiger partial charge on any atom is -0.376 e. The number of pyridine rings is 2. The highest BCUT2D eigenvalue weighted by molar-refractivity contribution is 6.02. The Labute approximate surface area is 240 Å². The molecule has 2 aromatic carbocycles. The van der Waals surface area contributed by atoms with E-state index in [1.807, 2.05) is 30.3 Å². The van der Waals surface area contributed by atoms with E-state index < -0.39 is 11.9 Å². The Bertz CT molecular complexity index is 1690. The fraction of sp³-hybridized carbons (Fsp3) is 0.233. The molecule has 5 aromatic rings. The van der Waals surface area contributed by atoms with Gasteiger partial charge < -0.3 is 10.1 Å². The van der Waals surface area contributed by atoms with E-state index in [4.69, 9.17) is 4.74 Å².